The monoisotopic (exact) mass is 408 g/mol. The number of hydrogen-bond acceptors (Lipinski definition) is 3. The average molecular weight is 410 g/mol. The molecular formula is C18H11Cl3N2O3. The van der Waals surface area contributed by atoms with Crippen LogP contribution < -0.4 is 10.6 Å². The molecule has 8 heteroatoms. The molecule has 2 amide bonds. The van der Waals surface area contributed by atoms with Gasteiger partial charge in [0.05, 0.1) is 22.5 Å². The number of nitrogens with one attached hydrogen (secondary N) is 2. The molecule has 0 aliphatic heterocycles. The molecule has 2 N–H and O–H groups in total. The molecule has 0 unspecified atom stereocenters. The predicted molar refractivity (Wildman–Crippen MR) is 103 cm³/mol. The van der Waals surface area contributed by atoms with Crippen molar-refractivity contribution in [2.75, 3.05) is 10.6 Å². The fraction of sp³-hybridized carbons (Fsp3) is 0. The Balaban J connectivity index is 1.91. The second-order valence-corrected chi connectivity index (χ2v) is 6.48. The molecule has 0 bridgehead atoms. The number of amides is 2. The highest BCUT2D eigenvalue weighted by molar-refractivity contribution is 6.38. The Kier molecular flexibility index (Phi) is 5.52. The Bertz CT molecular complexity index is 955. The van der Waals surface area contributed by atoms with Crippen molar-refractivity contribution in [1.29, 1.82) is 0 Å². The first kappa shape index (κ1) is 18.3. The van der Waals surface area contributed by atoms with Gasteiger partial charge in [-0.15, -0.1) is 0 Å². The molecule has 2 aromatic carbocycles. The van der Waals surface area contributed by atoms with Gasteiger partial charge >= 0.3 is 0 Å². The van der Waals surface area contributed by atoms with E-state index in [1.54, 1.807) is 30.3 Å². The summed E-state index contributed by atoms with van der Waals surface area (Å²) in [4.78, 5) is 24.9. The van der Waals surface area contributed by atoms with Gasteiger partial charge in [-0.25, -0.2) is 0 Å². The summed E-state index contributed by atoms with van der Waals surface area (Å²) in [5.74, 6) is -0.952. The normalized spacial score (nSPS) is 10.4. The van der Waals surface area contributed by atoms with Crippen molar-refractivity contribution < 1.29 is 14.0 Å². The van der Waals surface area contributed by atoms with Crippen LogP contribution >= 0.6 is 34.8 Å². The Labute approximate surface area is 163 Å². The number of halogens is 3. The first-order chi connectivity index (χ1) is 12.4. The Morgan fingerprint density at radius 3 is 2.23 bits per heavy atom. The summed E-state index contributed by atoms with van der Waals surface area (Å²) in [5, 5.41) is 6.20. The SMILES string of the molecule is O=C(Nc1c(Cl)cc(Cl)cc1C(=O)Nc1ccc(Cl)cc1)c1ccco1. The van der Waals surface area contributed by atoms with E-state index in [2.05, 4.69) is 10.6 Å². The highest BCUT2D eigenvalue weighted by atomic mass is 35.5. The van der Waals surface area contributed by atoms with Crippen molar-refractivity contribution >= 4 is 58.0 Å². The van der Waals surface area contributed by atoms with Crippen LogP contribution in [0.1, 0.15) is 20.9 Å². The Morgan fingerprint density at radius 1 is 0.846 bits per heavy atom. The lowest BCUT2D eigenvalue weighted by molar-refractivity contribution is 0.0996. The highest BCUT2D eigenvalue weighted by Gasteiger charge is 2.20. The molecular weight excluding hydrogens is 399 g/mol. The van der Waals surface area contributed by atoms with Crippen molar-refractivity contribution in [2.45, 2.75) is 0 Å². The van der Waals surface area contributed by atoms with E-state index in [0.717, 1.165) is 0 Å². The average Bonchev–Trinajstić information content (AvgIpc) is 3.13. The van der Waals surface area contributed by atoms with Crippen LogP contribution in [0.15, 0.2) is 59.2 Å². The summed E-state index contributed by atoms with van der Waals surface area (Å²) in [5.41, 5.74) is 0.764. The third-order valence-corrected chi connectivity index (χ3v) is 4.15. The van der Waals surface area contributed by atoms with Crippen molar-refractivity contribution in [1.82, 2.24) is 0 Å². The molecule has 0 atom stereocenters. The minimum absolute atomic E-state index is 0.0834. The quantitative estimate of drug-likeness (QED) is 0.577. The van der Waals surface area contributed by atoms with E-state index in [0.29, 0.717) is 10.7 Å². The second-order valence-electron chi connectivity index (χ2n) is 5.20. The molecule has 0 saturated carbocycles. The summed E-state index contributed by atoms with van der Waals surface area (Å²) < 4.78 is 5.04. The van der Waals surface area contributed by atoms with E-state index in [4.69, 9.17) is 39.2 Å². The van der Waals surface area contributed by atoms with E-state index in [-0.39, 0.29) is 27.1 Å². The number of furan rings is 1. The summed E-state index contributed by atoms with van der Waals surface area (Å²) in [6, 6.07) is 12.5. The first-order valence-corrected chi connectivity index (χ1v) is 8.48. The van der Waals surface area contributed by atoms with Crippen LogP contribution in [0.2, 0.25) is 15.1 Å². The van der Waals surface area contributed by atoms with Gasteiger partial charge in [-0.05, 0) is 48.5 Å². The number of carbonyl (C=O) groups is 2. The van der Waals surface area contributed by atoms with Crippen molar-refractivity contribution in [3.05, 3.63) is 81.2 Å². The van der Waals surface area contributed by atoms with Gasteiger partial charge in [0.15, 0.2) is 5.76 Å². The standard InChI is InChI=1S/C18H11Cl3N2O3/c19-10-3-5-12(6-4-10)22-17(24)13-8-11(20)9-14(21)16(13)23-18(25)15-2-1-7-26-15/h1-9H,(H,22,24)(H,23,25). The maximum absolute atomic E-state index is 12.7. The van der Waals surface area contributed by atoms with Crippen LogP contribution in [0.5, 0.6) is 0 Å². The van der Waals surface area contributed by atoms with Gasteiger partial charge in [0.2, 0.25) is 0 Å². The number of anilines is 2. The molecule has 3 rings (SSSR count). The van der Waals surface area contributed by atoms with Gasteiger partial charge in [0, 0.05) is 15.7 Å². The largest absolute Gasteiger partial charge is 0.459 e. The molecule has 26 heavy (non-hydrogen) atoms. The zero-order valence-corrected chi connectivity index (χ0v) is 15.3. The number of rotatable bonds is 4. The Morgan fingerprint density at radius 2 is 1.58 bits per heavy atom. The van der Waals surface area contributed by atoms with Gasteiger partial charge < -0.3 is 15.1 Å². The lowest BCUT2D eigenvalue weighted by atomic mass is 10.1. The van der Waals surface area contributed by atoms with E-state index in [9.17, 15) is 9.59 Å². The molecule has 0 radical (unpaired) electrons. The summed E-state index contributed by atoms with van der Waals surface area (Å²) >= 11 is 18.0. The molecule has 5 nitrogen and oxygen atoms in total. The van der Waals surface area contributed by atoms with Crippen LogP contribution in [-0.2, 0) is 0 Å². The number of hydrogen-bond donors (Lipinski definition) is 2. The van der Waals surface area contributed by atoms with E-state index in [1.165, 1.54) is 24.5 Å². The summed E-state index contributed by atoms with van der Waals surface area (Å²) in [7, 11) is 0. The van der Waals surface area contributed by atoms with Gasteiger partial charge in [0.1, 0.15) is 0 Å². The first-order valence-electron chi connectivity index (χ1n) is 7.35. The van der Waals surface area contributed by atoms with Crippen LogP contribution in [0.3, 0.4) is 0 Å². The summed E-state index contributed by atoms with van der Waals surface area (Å²) in [6.07, 6.45) is 1.37. The lowest BCUT2D eigenvalue weighted by Gasteiger charge is -2.13. The van der Waals surface area contributed by atoms with Crippen molar-refractivity contribution in [2.24, 2.45) is 0 Å². The minimum Gasteiger partial charge on any atom is -0.459 e. The predicted octanol–water partition coefficient (Wildman–Crippen LogP) is 5.74. The van der Waals surface area contributed by atoms with E-state index < -0.39 is 11.8 Å². The number of benzene rings is 2. The zero-order chi connectivity index (χ0) is 18.7. The van der Waals surface area contributed by atoms with Gasteiger partial charge in [-0.1, -0.05) is 34.8 Å². The molecule has 1 aromatic heterocycles. The van der Waals surface area contributed by atoms with Gasteiger partial charge in [-0.3, -0.25) is 9.59 Å². The van der Waals surface area contributed by atoms with Gasteiger partial charge in [-0.2, -0.15) is 0 Å². The maximum atomic E-state index is 12.7. The maximum Gasteiger partial charge on any atom is 0.291 e. The summed E-state index contributed by atoms with van der Waals surface area (Å²) in [6.45, 7) is 0. The minimum atomic E-state index is -0.542. The molecule has 3 aromatic rings. The topological polar surface area (TPSA) is 71.3 Å². The second kappa shape index (κ2) is 7.83. The molecule has 0 fully saturated rings. The third-order valence-electron chi connectivity index (χ3n) is 3.39. The van der Waals surface area contributed by atoms with Gasteiger partial charge in [0.25, 0.3) is 11.8 Å². The molecule has 0 spiro atoms. The van der Waals surface area contributed by atoms with Crippen LogP contribution in [-0.4, -0.2) is 11.8 Å². The zero-order valence-electron chi connectivity index (χ0n) is 13.1. The fourth-order valence-corrected chi connectivity index (χ4v) is 2.86. The Hall–Kier alpha value is -2.47. The van der Waals surface area contributed by atoms with Crippen LogP contribution in [0, 0.1) is 0 Å². The molecule has 0 aliphatic carbocycles. The molecule has 0 saturated heterocycles. The number of carbonyl (C=O) groups excluding carboxylic acids is 2. The van der Waals surface area contributed by atoms with Crippen LogP contribution in [0.4, 0.5) is 11.4 Å². The fourth-order valence-electron chi connectivity index (χ4n) is 2.19. The highest BCUT2D eigenvalue weighted by Crippen LogP contribution is 2.31. The smallest absolute Gasteiger partial charge is 0.291 e. The van der Waals surface area contributed by atoms with Crippen LogP contribution in [0.25, 0.3) is 0 Å². The third kappa shape index (κ3) is 4.19. The molecule has 1 heterocycles. The van der Waals surface area contributed by atoms with Crippen molar-refractivity contribution in [3.8, 4) is 0 Å². The van der Waals surface area contributed by atoms with E-state index >= 15 is 0 Å². The molecule has 0 aliphatic rings. The molecule has 132 valence electrons. The lowest BCUT2D eigenvalue weighted by Crippen LogP contribution is -2.18. The van der Waals surface area contributed by atoms with E-state index in [1.807, 2.05) is 0 Å². The van der Waals surface area contributed by atoms with Crippen molar-refractivity contribution in [3.63, 3.8) is 0 Å².